The molecule has 0 aliphatic heterocycles. The number of carbonyl (C=O) groups excluding carboxylic acids is 1. The molecular weight excluding hydrogens is 222 g/mol. The summed E-state index contributed by atoms with van der Waals surface area (Å²) in [7, 11) is 0. The maximum Gasteiger partial charge on any atom is 0.328 e. The smallest absolute Gasteiger partial charge is 0.328 e. The first-order chi connectivity index (χ1) is 8.08. The number of rotatable bonds is 5. The first kappa shape index (κ1) is 12.8. The van der Waals surface area contributed by atoms with Crippen LogP contribution in [-0.2, 0) is 9.59 Å². The molecule has 0 aliphatic carbocycles. The zero-order valence-corrected chi connectivity index (χ0v) is 9.34. The van der Waals surface area contributed by atoms with Gasteiger partial charge in [0.1, 0.15) is 5.75 Å². The number of nitrogens with one attached hydrogen (secondary N) is 1. The summed E-state index contributed by atoms with van der Waals surface area (Å²) in [4.78, 5) is 20.9. The molecule has 0 unspecified atom stereocenters. The summed E-state index contributed by atoms with van der Waals surface area (Å²) >= 11 is 0. The highest BCUT2D eigenvalue weighted by Gasteiger charge is 1.95. The van der Waals surface area contributed by atoms with Crippen LogP contribution >= 0.6 is 0 Å². The van der Waals surface area contributed by atoms with Crippen molar-refractivity contribution in [1.29, 1.82) is 0 Å². The third kappa shape index (κ3) is 5.36. The van der Waals surface area contributed by atoms with E-state index < -0.39 is 5.97 Å². The van der Waals surface area contributed by atoms with Crippen LogP contribution in [0.15, 0.2) is 30.3 Å². The van der Waals surface area contributed by atoms with Gasteiger partial charge in [-0.3, -0.25) is 4.79 Å². The third-order valence-electron chi connectivity index (χ3n) is 1.86. The molecule has 0 spiro atoms. The normalized spacial score (nSPS) is 10.2. The van der Waals surface area contributed by atoms with E-state index in [1.807, 2.05) is 0 Å². The lowest BCUT2D eigenvalue weighted by Gasteiger charge is -2.06. The predicted octanol–water partition coefficient (Wildman–Crippen LogP) is 1.26. The quantitative estimate of drug-likeness (QED) is 0.595. The lowest BCUT2D eigenvalue weighted by Crippen LogP contribution is -2.24. The van der Waals surface area contributed by atoms with Crippen LogP contribution in [0.25, 0.3) is 6.08 Å². The summed E-state index contributed by atoms with van der Waals surface area (Å²) in [6.07, 6.45) is 2.55. The summed E-state index contributed by atoms with van der Waals surface area (Å²) < 4.78 is 5.23. The Morgan fingerprint density at radius 2 is 2.00 bits per heavy atom. The van der Waals surface area contributed by atoms with Gasteiger partial charge in [0.05, 0.1) is 0 Å². The summed E-state index contributed by atoms with van der Waals surface area (Å²) in [5, 5.41) is 10.9. The number of carboxylic acids is 1. The molecule has 5 nitrogen and oxygen atoms in total. The van der Waals surface area contributed by atoms with Gasteiger partial charge in [-0.1, -0.05) is 12.1 Å². The van der Waals surface area contributed by atoms with Crippen molar-refractivity contribution in [3.63, 3.8) is 0 Å². The summed E-state index contributed by atoms with van der Waals surface area (Å²) in [5.74, 6) is -0.548. The summed E-state index contributed by atoms with van der Waals surface area (Å²) in [6.45, 7) is 1.52. The Balaban J connectivity index is 2.50. The van der Waals surface area contributed by atoms with Crippen molar-refractivity contribution < 1.29 is 19.4 Å². The molecule has 1 aromatic rings. The van der Waals surface area contributed by atoms with E-state index in [4.69, 9.17) is 9.84 Å². The number of amides is 1. The molecule has 2 N–H and O–H groups in total. The second-order valence-corrected chi connectivity index (χ2v) is 3.26. The van der Waals surface area contributed by atoms with Gasteiger partial charge >= 0.3 is 5.97 Å². The van der Waals surface area contributed by atoms with Crippen molar-refractivity contribution in [2.75, 3.05) is 6.73 Å². The van der Waals surface area contributed by atoms with Crippen LogP contribution in [0.4, 0.5) is 0 Å². The van der Waals surface area contributed by atoms with Crippen LogP contribution in [0, 0.1) is 0 Å². The molecule has 5 heteroatoms. The average Bonchev–Trinajstić information content (AvgIpc) is 2.27. The topological polar surface area (TPSA) is 75.6 Å². The Morgan fingerprint density at radius 1 is 1.35 bits per heavy atom. The summed E-state index contributed by atoms with van der Waals surface area (Å²) in [6, 6.07) is 6.85. The van der Waals surface area contributed by atoms with E-state index in [0.29, 0.717) is 5.75 Å². The number of benzene rings is 1. The van der Waals surface area contributed by atoms with Gasteiger partial charge in [-0.15, -0.1) is 0 Å². The fraction of sp³-hybridized carbons (Fsp3) is 0.167. The molecule has 1 rings (SSSR count). The molecule has 0 bridgehead atoms. The van der Waals surface area contributed by atoms with E-state index in [2.05, 4.69) is 5.32 Å². The fourth-order valence-electron chi connectivity index (χ4n) is 1.06. The molecule has 0 heterocycles. The van der Waals surface area contributed by atoms with Gasteiger partial charge in [-0.2, -0.15) is 0 Å². The molecule has 0 atom stereocenters. The standard InChI is InChI=1S/C12H13NO4/c1-9(14)13-8-17-11-5-2-10(3-6-11)4-7-12(15)16/h2-7H,8H2,1H3,(H,13,14)(H,15,16). The van der Waals surface area contributed by atoms with Gasteiger partial charge in [-0.25, -0.2) is 4.79 Å². The first-order valence-corrected chi connectivity index (χ1v) is 4.96. The minimum atomic E-state index is -0.990. The van der Waals surface area contributed by atoms with Gasteiger partial charge in [0.15, 0.2) is 6.73 Å². The van der Waals surface area contributed by atoms with Crippen LogP contribution < -0.4 is 10.1 Å². The third-order valence-corrected chi connectivity index (χ3v) is 1.86. The Kier molecular flexibility index (Phi) is 4.75. The molecule has 0 aliphatic rings. The maximum atomic E-state index is 10.6. The first-order valence-electron chi connectivity index (χ1n) is 4.96. The fourth-order valence-corrected chi connectivity index (χ4v) is 1.06. The highest BCUT2D eigenvalue weighted by molar-refractivity contribution is 5.85. The Morgan fingerprint density at radius 3 is 2.53 bits per heavy atom. The van der Waals surface area contributed by atoms with E-state index in [-0.39, 0.29) is 12.6 Å². The van der Waals surface area contributed by atoms with Crippen molar-refractivity contribution in [3.05, 3.63) is 35.9 Å². The molecule has 1 amide bonds. The van der Waals surface area contributed by atoms with Crippen molar-refractivity contribution in [2.24, 2.45) is 0 Å². The van der Waals surface area contributed by atoms with Crippen molar-refractivity contribution in [1.82, 2.24) is 5.32 Å². The molecule has 0 aromatic heterocycles. The van der Waals surface area contributed by atoms with Gasteiger partial charge in [0.25, 0.3) is 0 Å². The number of aliphatic carboxylic acids is 1. The molecule has 0 saturated carbocycles. The molecule has 17 heavy (non-hydrogen) atoms. The molecule has 1 aromatic carbocycles. The van der Waals surface area contributed by atoms with Crippen LogP contribution in [0.3, 0.4) is 0 Å². The maximum absolute atomic E-state index is 10.6. The van der Waals surface area contributed by atoms with Crippen LogP contribution in [0.5, 0.6) is 5.75 Å². The molecular formula is C12H13NO4. The van der Waals surface area contributed by atoms with Gasteiger partial charge in [0, 0.05) is 13.0 Å². The van der Waals surface area contributed by atoms with E-state index >= 15 is 0 Å². The molecule has 90 valence electrons. The van der Waals surface area contributed by atoms with E-state index in [1.165, 1.54) is 13.0 Å². The summed E-state index contributed by atoms with van der Waals surface area (Å²) in [5.41, 5.74) is 0.763. The van der Waals surface area contributed by atoms with Crippen LogP contribution in [-0.4, -0.2) is 23.7 Å². The van der Waals surface area contributed by atoms with Gasteiger partial charge < -0.3 is 15.2 Å². The SMILES string of the molecule is CC(=O)NCOc1ccc(C=CC(=O)O)cc1. The number of ether oxygens (including phenoxy) is 1. The van der Waals surface area contributed by atoms with Crippen LogP contribution in [0.2, 0.25) is 0 Å². The molecule has 0 saturated heterocycles. The highest BCUT2D eigenvalue weighted by Crippen LogP contribution is 2.12. The average molecular weight is 235 g/mol. The highest BCUT2D eigenvalue weighted by atomic mass is 16.5. The number of carbonyl (C=O) groups is 2. The minimum Gasteiger partial charge on any atom is -0.478 e. The second kappa shape index (κ2) is 6.32. The van der Waals surface area contributed by atoms with Gasteiger partial charge in [-0.05, 0) is 23.8 Å². The second-order valence-electron chi connectivity index (χ2n) is 3.26. The van der Waals surface area contributed by atoms with Crippen LogP contribution in [0.1, 0.15) is 12.5 Å². The van der Waals surface area contributed by atoms with Crippen molar-refractivity contribution in [2.45, 2.75) is 6.92 Å². The van der Waals surface area contributed by atoms with Crippen molar-refractivity contribution in [3.8, 4) is 5.75 Å². The minimum absolute atomic E-state index is 0.111. The number of carboxylic acid groups (broad SMARTS) is 1. The lowest BCUT2D eigenvalue weighted by molar-refractivity contribution is -0.131. The molecule has 0 fully saturated rings. The predicted molar refractivity (Wildman–Crippen MR) is 62.4 cm³/mol. The number of hydrogen-bond acceptors (Lipinski definition) is 3. The Hall–Kier alpha value is -2.30. The monoisotopic (exact) mass is 235 g/mol. The zero-order chi connectivity index (χ0) is 12.7. The lowest BCUT2D eigenvalue weighted by atomic mass is 10.2. The Bertz CT molecular complexity index is 423. The van der Waals surface area contributed by atoms with Gasteiger partial charge in [0.2, 0.25) is 5.91 Å². The Labute approximate surface area is 98.7 Å². The largest absolute Gasteiger partial charge is 0.478 e. The van der Waals surface area contributed by atoms with E-state index in [0.717, 1.165) is 11.6 Å². The van der Waals surface area contributed by atoms with E-state index in [1.54, 1.807) is 24.3 Å². The van der Waals surface area contributed by atoms with Crippen molar-refractivity contribution >= 4 is 18.0 Å². The number of hydrogen-bond donors (Lipinski definition) is 2. The molecule has 0 radical (unpaired) electrons. The van der Waals surface area contributed by atoms with E-state index in [9.17, 15) is 9.59 Å². The zero-order valence-electron chi connectivity index (χ0n) is 9.34.